The fraction of sp³-hybridized carbons (Fsp3) is 0.467. The van der Waals surface area contributed by atoms with E-state index in [0.29, 0.717) is 6.04 Å². The van der Waals surface area contributed by atoms with Gasteiger partial charge >= 0.3 is 0 Å². The minimum absolute atomic E-state index is 0.609. The van der Waals surface area contributed by atoms with Crippen LogP contribution in [0.1, 0.15) is 22.6 Å². The summed E-state index contributed by atoms with van der Waals surface area (Å²) in [6.07, 6.45) is 5.93. The van der Waals surface area contributed by atoms with E-state index >= 15 is 0 Å². The largest absolute Gasteiger partial charge is 0.341 e. The van der Waals surface area contributed by atoms with Crippen LogP contribution in [0.3, 0.4) is 0 Å². The number of piperidine rings is 1. The molecule has 0 unspecified atom stereocenters. The topological polar surface area (TPSA) is 41.0 Å². The predicted molar refractivity (Wildman–Crippen MR) is 83.2 cm³/mol. The smallest absolute Gasteiger partial charge is 0.225 e. The molecule has 0 radical (unpaired) electrons. The van der Waals surface area contributed by atoms with E-state index in [4.69, 9.17) is 0 Å². The maximum Gasteiger partial charge on any atom is 0.225 e. The van der Waals surface area contributed by atoms with Crippen LogP contribution in [0.5, 0.6) is 0 Å². The molecule has 3 rings (SSSR count). The number of hydrogen-bond acceptors (Lipinski definition) is 5. The first-order valence-corrected chi connectivity index (χ1v) is 7.93. The van der Waals surface area contributed by atoms with Gasteiger partial charge in [-0.3, -0.25) is 0 Å². The number of rotatable bonds is 4. The van der Waals surface area contributed by atoms with Gasteiger partial charge in [0.05, 0.1) is 0 Å². The van der Waals surface area contributed by atoms with Crippen LogP contribution in [0.4, 0.5) is 5.95 Å². The average molecular weight is 288 g/mol. The standard InChI is InChI=1S/C15H20N4S/c1-12-3-4-14(20-12)11-18-13-5-9-19(10-6-13)15-16-7-2-8-17-15/h2-4,7-8,13,18H,5-6,9-11H2,1H3. The minimum atomic E-state index is 0.609. The molecule has 1 N–H and O–H groups in total. The Bertz CT molecular complexity index is 532. The third-order valence-electron chi connectivity index (χ3n) is 3.69. The van der Waals surface area contributed by atoms with Crippen molar-refractivity contribution in [3.63, 3.8) is 0 Å². The third-order valence-corrected chi connectivity index (χ3v) is 4.69. The normalized spacial score (nSPS) is 16.6. The zero-order chi connectivity index (χ0) is 13.8. The highest BCUT2D eigenvalue weighted by Crippen LogP contribution is 2.18. The van der Waals surface area contributed by atoms with E-state index in [9.17, 15) is 0 Å². The fourth-order valence-electron chi connectivity index (χ4n) is 2.56. The van der Waals surface area contributed by atoms with Crippen molar-refractivity contribution in [1.29, 1.82) is 0 Å². The van der Waals surface area contributed by atoms with E-state index in [1.54, 1.807) is 0 Å². The van der Waals surface area contributed by atoms with Crippen molar-refractivity contribution in [3.8, 4) is 0 Å². The van der Waals surface area contributed by atoms with E-state index in [2.05, 4.69) is 39.2 Å². The molecule has 0 atom stereocenters. The summed E-state index contributed by atoms with van der Waals surface area (Å²) in [5, 5.41) is 3.67. The Kier molecular flexibility index (Phi) is 4.28. The maximum atomic E-state index is 4.32. The van der Waals surface area contributed by atoms with Crippen molar-refractivity contribution >= 4 is 17.3 Å². The minimum Gasteiger partial charge on any atom is -0.341 e. The SMILES string of the molecule is Cc1ccc(CNC2CCN(c3ncccn3)CC2)s1. The molecule has 1 aliphatic heterocycles. The van der Waals surface area contributed by atoms with Gasteiger partial charge in [-0.15, -0.1) is 11.3 Å². The zero-order valence-corrected chi connectivity index (χ0v) is 12.6. The second kappa shape index (κ2) is 6.33. The summed E-state index contributed by atoms with van der Waals surface area (Å²) in [6, 6.07) is 6.88. The number of aromatic nitrogens is 2. The summed E-state index contributed by atoms with van der Waals surface area (Å²) in [5.74, 6) is 0.861. The van der Waals surface area contributed by atoms with Crippen LogP contribution >= 0.6 is 11.3 Å². The molecule has 0 aromatic carbocycles. The molecule has 0 aliphatic carbocycles. The molecule has 5 heteroatoms. The van der Waals surface area contributed by atoms with Crippen molar-refractivity contribution in [2.24, 2.45) is 0 Å². The van der Waals surface area contributed by atoms with Gasteiger partial charge in [0.1, 0.15) is 0 Å². The second-order valence-electron chi connectivity index (χ2n) is 5.20. The molecule has 0 saturated carbocycles. The Hall–Kier alpha value is -1.46. The first-order chi connectivity index (χ1) is 9.81. The van der Waals surface area contributed by atoms with E-state index in [1.807, 2.05) is 29.8 Å². The molecule has 1 aliphatic rings. The maximum absolute atomic E-state index is 4.32. The van der Waals surface area contributed by atoms with Gasteiger partial charge in [0.2, 0.25) is 5.95 Å². The molecule has 106 valence electrons. The number of aryl methyl sites for hydroxylation is 1. The number of hydrogen-bond donors (Lipinski definition) is 1. The Labute approximate surface area is 123 Å². The fourth-order valence-corrected chi connectivity index (χ4v) is 3.40. The van der Waals surface area contributed by atoms with Gasteiger partial charge < -0.3 is 10.2 Å². The van der Waals surface area contributed by atoms with Crippen molar-refractivity contribution < 1.29 is 0 Å². The van der Waals surface area contributed by atoms with Crippen molar-refractivity contribution in [1.82, 2.24) is 15.3 Å². The van der Waals surface area contributed by atoms with E-state index < -0.39 is 0 Å². The van der Waals surface area contributed by atoms with Gasteiger partial charge in [0.15, 0.2) is 0 Å². The van der Waals surface area contributed by atoms with Gasteiger partial charge in [0, 0.05) is 47.8 Å². The van der Waals surface area contributed by atoms with Crippen molar-refractivity contribution in [3.05, 3.63) is 40.3 Å². The van der Waals surface area contributed by atoms with Gasteiger partial charge in [-0.2, -0.15) is 0 Å². The Balaban J connectivity index is 1.47. The third kappa shape index (κ3) is 3.35. The number of anilines is 1. The van der Waals surface area contributed by atoms with E-state index in [1.165, 1.54) is 9.75 Å². The first kappa shape index (κ1) is 13.5. The van der Waals surface area contributed by atoms with Crippen LogP contribution in [0, 0.1) is 6.92 Å². The molecule has 1 fully saturated rings. The Morgan fingerprint density at radius 3 is 2.65 bits per heavy atom. The summed E-state index contributed by atoms with van der Waals surface area (Å²) in [6.45, 7) is 5.22. The van der Waals surface area contributed by atoms with Crippen LogP contribution in [-0.2, 0) is 6.54 Å². The van der Waals surface area contributed by atoms with Crippen LogP contribution in [0.2, 0.25) is 0 Å². The van der Waals surface area contributed by atoms with E-state index in [-0.39, 0.29) is 0 Å². The molecule has 0 bridgehead atoms. The number of nitrogens with zero attached hydrogens (tertiary/aromatic N) is 3. The molecule has 0 spiro atoms. The summed E-state index contributed by atoms with van der Waals surface area (Å²) in [7, 11) is 0. The van der Waals surface area contributed by atoms with Gasteiger partial charge in [0.25, 0.3) is 0 Å². The monoisotopic (exact) mass is 288 g/mol. The molecule has 4 nitrogen and oxygen atoms in total. The molecule has 3 heterocycles. The van der Waals surface area contributed by atoms with Crippen LogP contribution in [-0.4, -0.2) is 29.1 Å². The first-order valence-electron chi connectivity index (χ1n) is 7.12. The molecular weight excluding hydrogens is 268 g/mol. The molecule has 2 aromatic heterocycles. The quantitative estimate of drug-likeness (QED) is 0.939. The average Bonchev–Trinajstić information content (AvgIpc) is 2.92. The molecule has 1 saturated heterocycles. The lowest BCUT2D eigenvalue weighted by atomic mass is 10.1. The lowest BCUT2D eigenvalue weighted by Crippen LogP contribution is -2.42. The lowest BCUT2D eigenvalue weighted by Gasteiger charge is -2.32. The number of thiophene rings is 1. The highest BCUT2D eigenvalue weighted by atomic mass is 32.1. The molecule has 0 amide bonds. The predicted octanol–water partition coefficient (Wildman–Crippen LogP) is 2.61. The zero-order valence-electron chi connectivity index (χ0n) is 11.7. The van der Waals surface area contributed by atoms with Crippen LogP contribution < -0.4 is 10.2 Å². The summed E-state index contributed by atoms with van der Waals surface area (Å²) >= 11 is 1.88. The van der Waals surface area contributed by atoms with Crippen LogP contribution in [0.15, 0.2) is 30.6 Å². The summed E-state index contributed by atoms with van der Waals surface area (Å²) < 4.78 is 0. The van der Waals surface area contributed by atoms with Gasteiger partial charge in [-0.25, -0.2) is 9.97 Å². The van der Waals surface area contributed by atoms with Gasteiger partial charge in [-0.05, 0) is 38.0 Å². The highest BCUT2D eigenvalue weighted by molar-refractivity contribution is 7.11. The summed E-state index contributed by atoms with van der Waals surface area (Å²) in [5.41, 5.74) is 0. The summed E-state index contributed by atoms with van der Waals surface area (Å²) in [4.78, 5) is 13.7. The van der Waals surface area contributed by atoms with Crippen molar-refractivity contribution in [2.45, 2.75) is 32.4 Å². The van der Waals surface area contributed by atoms with E-state index in [0.717, 1.165) is 38.4 Å². The molecule has 20 heavy (non-hydrogen) atoms. The highest BCUT2D eigenvalue weighted by Gasteiger charge is 2.20. The van der Waals surface area contributed by atoms with Gasteiger partial charge in [-0.1, -0.05) is 0 Å². The second-order valence-corrected chi connectivity index (χ2v) is 6.58. The Morgan fingerprint density at radius 2 is 2.00 bits per heavy atom. The van der Waals surface area contributed by atoms with Crippen LogP contribution in [0.25, 0.3) is 0 Å². The van der Waals surface area contributed by atoms with Crippen molar-refractivity contribution in [2.75, 3.05) is 18.0 Å². The molecule has 2 aromatic rings. The number of nitrogens with one attached hydrogen (secondary N) is 1. The Morgan fingerprint density at radius 1 is 1.25 bits per heavy atom. The molecular formula is C15H20N4S. The lowest BCUT2D eigenvalue weighted by molar-refractivity contribution is 0.412.